The van der Waals surface area contributed by atoms with Gasteiger partial charge in [-0.15, -0.1) is 0 Å². The summed E-state index contributed by atoms with van der Waals surface area (Å²) in [5.74, 6) is -1.59. The predicted octanol–water partition coefficient (Wildman–Crippen LogP) is 4.50. The zero-order valence-corrected chi connectivity index (χ0v) is 19.5. The molecule has 0 bridgehead atoms. The van der Waals surface area contributed by atoms with Crippen LogP contribution in [0.2, 0.25) is 5.15 Å². The summed E-state index contributed by atoms with van der Waals surface area (Å²) in [6.07, 6.45) is 1.30. The number of anilines is 1. The molecule has 0 fully saturated rings. The summed E-state index contributed by atoms with van der Waals surface area (Å²) in [6, 6.07) is 1.84. The monoisotopic (exact) mass is 544 g/mol. The Morgan fingerprint density at radius 1 is 1.21 bits per heavy atom. The number of aromatic nitrogens is 1. The molecule has 2 N–H and O–H groups in total. The molecule has 1 aromatic carbocycles. The van der Waals surface area contributed by atoms with Crippen LogP contribution in [0.3, 0.4) is 0 Å². The molecule has 0 atom stereocenters. The van der Waals surface area contributed by atoms with Gasteiger partial charge in [-0.3, -0.25) is 9.59 Å². The van der Waals surface area contributed by atoms with Crippen LogP contribution in [-0.2, 0) is 25.5 Å². The maximum absolute atomic E-state index is 12.7. The van der Waals surface area contributed by atoms with Gasteiger partial charge in [0.15, 0.2) is 0 Å². The number of amides is 1. The molecule has 7 nitrogen and oxygen atoms in total. The number of halogens is 3. The van der Waals surface area contributed by atoms with Crippen LogP contribution in [0.25, 0.3) is 11.6 Å². The van der Waals surface area contributed by atoms with Gasteiger partial charge in [0.05, 0.1) is 43.2 Å². The first-order chi connectivity index (χ1) is 13.7. The number of ether oxygens (including phenoxy) is 2. The lowest BCUT2D eigenvalue weighted by Crippen LogP contribution is -2.11. The summed E-state index contributed by atoms with van der Waals surface area (Å²) in [4.78, 5) is 39.7. The Bertz CT molecular complexity index is 1090. The average molecular weight is 547 g/mol. The lowest BCUT2D eigenvalue weighted by atomic mass is 9.99. The molecule has 29 heavy (non-hydrogen) atoms. The van der Waals surface area contributed by atoms with Crippen molar-refractivity contribution in [2.75, 3.05) is 19.5 Å². The van der Waals surface area contributed by atoms with E-state index in [0.717, 1.165) is 10.0 Å². The van der Waals surface area contributed by atoms with E-state index in [9.17, 15) is 14.4 Å². The largest absolute Gasteiger partial charge is 0.469 e. The quantitative estimate of drug-likeness (QED) is 0.435. The van der Waals surface area contributed by atoms with E-state index in [2.05, 4.69) is 46.9 Å². The fourth-order valence-electron chi connectivity index (χ4n) is 3.11. The van der Waals surface area contributed by atoms with Crippen molar-refractivity contribution in [3.05, 3.63) is 48.1 Å². The van der Waals surface area contributed by atoms with Crippen molar-refractivity contribution >= 4 is 78.6 Å². The highest BCUT2D eigenvalue weighted by molar-refractivity contribution is 9.11. The van der Waals surface area contributed by atoms with Crippen LogP contribution >= 0.6 is 43.5 Å². The maximum atomic E-state index is 12.7. The zero-order valence-electron chi connectivity index (χ0n) is 15.5. The number of H-pyrrole nitrogens is 1. The molecular weight excluding hydrogens is 531 g/mol. The van der Waals surface area contributed by atoms with Gasteiger partial charge in [-0.1, -0.05) is 27.5 Å². The molecule has 0 saturated heterocycles. The van der Waals surface area contributed by atoms with Gasteiger partial charge in [0.1, 0.15) is 5.15 Å². The number of hydrogen-bond acceptors (Lipinski definition) is 5. The van der Waals surface area contributed by atoms with Crippen LogP contribution in [0.4, 0.5) is 5.69 Å². The fraction of sp³-hybridized carbons (Fsp3) is 0.211. The smallest absolute Gasteiger partial charge is 0.340 e. The van der Waals surface area contributed by atoms with Crippen molar-refractivity contribution in [2.45, 2.75) is 13.3 Å². The molecule has 1 amide bonds. The third-order valence-electron chi connectivity index (χ3n) is 4.54. The zero-order chi connectivity index (χ0) is 21.5. The number of esters is 2. The predicted molar refractivity (Wildman–Crippen MR) is 116 cm³/mol. The molecule has 0 radical (unpaired) electrons. The van der Waals surface area contributed by atoms with Crippen molar-refractivity contribution in [1.82, 2.24) is 4.98 Å². The van der Waals surface area contributed by atoms with Crippen LogP contribution in [0.1, 0.15) is 32.7 Å². The second-order valence-corrected chi connectivity index (χ2v) is 8.26. The van der Waals surface area contributed by atoms with Gasteiger partial charge >= 0.3 is 11.9 Å². The van der Waals surface area contributed by atoms with Crippen LogP contribution in [0.15, 0.2) is 15.0 Å². The minimum atomic E-state index is -0.690. The summed E-state index contributed by atoms with van der Waals surface area (Å²) < 4.78 is 11.1. The lowest BCUT2D eigenvalue weighted by Gasteiger charge is -2.08. The number of carbonyl (C=O) groups is 3. The molecular formula is C19H15Br2ClN2O5. The number of rotatable bonds is 4. The highest BCUT2D eigenvalue weighted by Crippen LogP contribution is 2.43. The normalized spacial score (nSPS) is 14.0. The number of fused-ring (bicyclic) bond motifs is 1. The fourth-order valence-corrected chi connectivity index (χ4v) is 4.63. The van der Waals surface area contributed by atoms with Crippen molar-refractivity contribution in [3.63, 3.8) is 0 Å². The minimum absolute atomic E-state index is 0.0726. The molecule has 1 aliphatic heterocycles. The molecule has 0 saturated carbocycles. The summed E-state index contributed by atoms with van der Waals surface area (Å²) >= 11 is 13.2. The lowest BCUT2D eigenvalue weighted by molar-refractivity contribution is -0.139. The SMILES string of the molecule is COC(=O)Cc1c(Cl)[nH]c(C=C2C(=O)Nc3c(Br)cc(Br)c(C)c32)c1C(=O)OC. The number of hydrogen-bond donors (Lipinski definition) is 2. The van der Waals surface area contributed by atoms with Crippen molar-refractivity contribution in [1.29, 1.82) is 0 Å². The molecule has 0 unspecified atom stereocenters. The van der Waals surface area contributed by atoms with Crippen LogP contribution in [-0.4, -0.2) is 37.0 Å². The molecule has 10 heteroatoms. The first kappa shape index (κ1) is 21.6. The van der Waals surface area contributed by atoms with E-state index in [0.29, 0.717) is 21.3 Å². The third-order valence-corrected chi connectivity index (χ3v) is 6.31. The van der Waals surface area contributed by atoms with E-state index in [-0.39, 0.29) is 34.3 Å². The Morgan fingerprint density at radius 3 is 2.52 bits per heavy atom. The number of nitrogens with one attached hydrogen (secondary N) is 2. The topological polar surface area (TPSA) is 97.5 Å². The Labute approximate surface area is 188 Å². The number of aromatic amines is 1. The standard InChI is InChI=1S/C19H15Br2ClN2O5/c1-7-10(20)6-11(21)16-14(7)9(18(26)24-16)4-12-15(19(27)29-3)8(17(22)23-12)5-13(25)28-2/h4,6,23H,5H2,1-3H3,(H,24,26). The maximum Gasteiger partial charge on any atom is 0.340 e. The Morgan fingerprint density at radius 2 is 1.90 bits per heavy atom. The van der Waals surface area contributed by atoms with Gasteiger partial charge < -0.3 is 19.8 Å². The summed E-state index contributed by atoms with van der Waals surface area (Å²) in [5, 5.41) is 2.91. The molecule has 0 aliphatic carbocycles. The third kappa shape index (κ3) is 3.86. The van der Waals surface area contributed by atoms with E-state index in [4.69, 9.17) is 16.3 Å². The van der Waals surface area contributed by atoms with E-state index in [1.807, 2.05) is 13.0 Å². The van der Waals surface area contributed by atoms with E-state index in [1.165, 1.54) is 20.3 Å². The van der Waals surface area contributed by atoms with Gasteiger partial charge in [-0.05, 0) is 40.6 Å². The summed E-state index contributed by atoms with van der Waals surface area (Å²) in [5.41, 5.74) is 3.08. The molecule has 1 aromatic heterocycles. The first-order valence-electron chi connectivity index (χ1n) is 8.27. The second kappa shape index (κ2) is 8.33. The molecule has 2 aromatic rings. The van der Waals surface area contributed by atoms with Crippen LogP contribution in [0.5, 0.6) is 0 Å². The van der Waals surface area contributed by atoms with Crippen LogP contribution in [0, 0.1) is 6.92 Å². The molecule has 152 valence electrons. The Kier molecular flexibility index (Phi) is 6.21. The van der Waals surface area contributed by atoms with Gasteiger partial charge in [0, 0.05) is 20.1 Å². The van der Waals surface area contributed by atoms with E-state index >= 15 is 0 Å². The van der Waals surface area contributed by atoms with Crippen LogP contribution < -0.4 is 5.32 Å². The highest BCUT2D eigenvalue weighted by Gasteiger charge is 2.31. The second-order valence-electron chi connectivity index (χ2n) is 6.18. The van der Waals surface area contributed by atoms with Gasteiger partial charge in [0.2, 0.25) is 0 Å². The Hall–Kier alpha value is -2.10. The van der Waals surface area contributed by atoms with Crippen molar-refractivity contribution in [3.8, 4) is 0 Å². The molecule has 0 spiro atoms. The number of carbonyl (C=O) groups excluding carboxylic acids is 3. The molecule has 2 heterocycles. The van der Waals surface area contributed by atoms with E-state index in [1.54, 1.807) is 0 Å². The van der Waals surface area contributed by atoms with E-state index < -0.39 is 11.9 Å². The summed E-state index contributed by atoms with van der Waals surface area (Å²) in [7, 11) is 2.46. The average Bonchev–Trinajstić information content (AvgIpc) is 3.17. The molecule has 1 aliphatic rings. The summed E-state index contributed by atoms with van der Waals surface area (Å²) in [6.45, 7) is 1.87. The molecule has 3 rings (SSSR count). The highest BCUT2D eigenvalue weighted by atomic mass is 79.9. The Balaban J connectivity index is 2.23. The van der Waals surface area contributed by atoms with Gasteiger partial charge in [-0.25, -0.2) is 4.79 Å². The van der Waals surface area contributed by atoms with Crippen molar-refractivity contribution in [2.24, 2.45) is 0 Å². The number of benzene rings is 1. The minimum Gasteiger partial charge on any atom is -0.469 e. The van der Waals surface area contributed by atoms with Gasteiger partial charge in [-0.2, -0.15) is 0 Å². The van der Waals surface area contributed by atoms with Crippen molar-refractivity contribution < 1.29 is 23.9 Å². The number of methoxy groups -OCH3 is 2. The van der Waals surface area contributed by atoms with Gasteiger partial charge in [0.25, 0.3) is 5.91 Å². The first-order valence-corrected chi connectivity index (χ1v) is 10.2.